The fraction of sp³-hybridized carbons (Fsp3) is 0.631. The van der Waals surface area contributed by atoms with Crippen LogP contribution in [0.15, 0.2) is 117 Å². The maximum absolute atomic E-state index is 13.9. The van der Waals surface area contributed by atoms with Gasteiger partial charge < -0.3 is 147 Å². The molecule has 36 nitrogen and oxygen atoms in total. The Hall–Kier alpha value is -7.78. The Kier molecular flexibility index (Phi) is 46.5. The van der Waals surface area contributed by atoms with Crippen molar-refractivity contribution < 1.29 is 176 Å². The number of aromatic hydroxyl groups is 4. The van der Waals surface area contributed by atoms with Crippen LogP contribution in [0, 0.1) is 30.6 Å². The Bertz CT molecular complexity index is 4990. The van der Waals surface area contributed by atoms with Crippen molar-refractivity contribution in [2.75, 3.05) is 27.4 Å². The van der Waals surface area contributed by atoms with E-state index in [0.717, 1.165) is 0 Å². The monoisotopic (exact) mass is 2100 g/mol. The fourth-order valence-corrected chi connectivity index (χ4v) is 18.0. The largest absolute Gasteiger partial charge is 0.505 e. The van der Waals surface area contributed by atoms with Gasteiger partial charge in [0, 0.05) is 38.9 Å². The van der Waals surface area contributed by atoms with E-state index >= 15 is 0 Å². The van der Waals surface area contributed by atoms with E-state index < -0.39 is 288 Å². The number of carbonyl (C=O) groups is 6. The molecule has 5 unspecified atom stereocenters. The summed E-state index contributed by atoms with van der Waals surface area (Å²) in [7, 11) is 2.52. The van der Waals surface area contributed by atoms with E-state index in [2.05, 4.69) is 0 Å². The minimum Gasteiger partial charge on any atom is -0.505 e. The number of phenolic OH excluding ortho intramolecular Hbond substituents is 4. The van der Waals surface area contributed by atoms with E-state index in [-0.39, 0.29) is 64.4 Å². The third kappa shape index (κ3) is 31.2. The zero-order valence-corrected chi connectivity index (χ0v) is 88.4. The van der Waals surface area contributed by atoms with Crippen LogP contribution in [0.3, 0.4) is 0 Å². The van der Waals surface area contributed by atoms with Gasteiger partial charge in [-0.1, -0.05) is 167 Å². The van der Waals surface area contributed by atoms with Gasteiger partial charge in [0.1, 0.15) is 93.4 Å². The molecule has 0 aromatic heterocycles. The molecule has 0 saturated carbocycles. The number of hydrogen-bond donors (Lipinski definition) is 14. The van der Waals surface area contributed by atoms with Gasteiger partial charge in [0.25, 0.3) is 0 Å². The van der Waals surface area contributed by atoms with Gasteiger partial charge in [-0.2, -0.15) is 0 Å². The molecular weight excluding hydrogens is 1950 g/mol. The van der Waals surface area contributed by atoms with Crippen molar-refractivity contribution in [1.82, 2.24) is 0 Å². The van der Waals surface area contributed by atoms with Gasteiger partial charge in [0.2, 0.25) is 0 Å². The molecule has 14 N–H and O–H groups in total. The SMILES string of the molecule is CCC1/C=C(\C)C(O)C/C=C/C=C(\CO[C@@H]2O[C@@H](C)[C@H](OC(=O)c3c(C)c(Cl)c(O)c(Cl)c3O)[C@@H](O)[C@H]2OC)C(=O)OC(C(C)O)C/C=C(C)/C=C(\C)C1O[C@@H]1OC(C)(C)[C@@H](OC(=O)C(C)C)[C@H](O)[C@@H]1O.CCc1c(Cl)c(O)c(Cl)c(O)c1C(=O)O[C@H]1[C@H](O)[C@H](OC)[C@H](OC/C2=C\C=C\C[C@H](O)/C(C)=C/[C@H](CC)[C@@H](O[C@@H]3OC(C)(C)[C@@H](OC(=O)C(C)C)[C@H](O)[C@@H]3O)/C(C)=C/C(C)=C/C[C@@H]([C@@H](C)O)OC2=O)O[C@@H]1C. The number of ether oxygens (including phenoxy) is 16. The zero-order chi connectivity index (χ0) is 107. The van der Waals surface area contributed by atoms with Crippen LogP contribution in [-0.4, -0.2) is 305 Å². The quantitative estimate of drug-likeness (QED) is 0.0249. The van der Waals surface area contributed by atoms with Crippen LogP contribution in [0.1, 0.15) is 216 Å². The summed E-state index contributed by atoms with van der Waals surface area (Å²) >= 11 is 24.4. The maximum Gasteiger partial charge on any atom is 0.342 e. The Balaban J connectivity index is 0.000000388. The highest BCUT2D eigenvalue weighted by Gasteiger charge is 2.56. The molecule has 6 aliphatic rings. The number of methoxy groups -OCH3 is 2. The summed E-state index contributed by atoms with van der Waals surface area (Å²) in [5.74, 6) is -9.62. The van der Waals surface area contributed by atoms with Gasteiger partial charge in [0.05, 0.1) is 95.1 Å². The second-order valence-corrected chi connectivity index (χ2v) is 40.0. The minimum absolute atomic E-state index is 0.0285. The smallest absolute Gasteiger partial charge is 0.342 e. The molecule has 0 bridgehead atoms. The first kappa shape index (κ1) is 122. The molecule has 0 radical (unpaired) electrons. The first-order valence-corrected chi connectivity index (χ1v) is 49.3. The minimum atomic E-state index is -1.61. The predicted molar refractivity (Wildman–Crippen MR) is 526 cm³/mol. The molecule has 0 spiro atoms. The first-order chi connectivity index (χ1) is 66.9. The molecule has 0 aliphatic carbocycles. The summed E-state index contributed by atoms with van der Waals surface area (Å²) in [4.78, 5) is 79.8. The first-order valence-electron chi connectivity index (χ1n) is 47.8. The molecule has 4 fully saturated rings. The zero-order valence-electron chi connectivity index (χ0n) is 85.4. The number of halogens is 4. The van der Waals surface area contributed by atoms with Crippen molar-refractivity contribution in [2.24, 2.45) is 23.7 Å². The second kappa shape index (κ2) is 54.4. The van der Waals surface area contributed by atoms with Gasteiger partial charge >= 0.3 is 35.8 Å². The number of benzene rings is 2. The van der Waals surface area contributed by atoms with Gasteiger partial charge in [-0.3, -0.25) is 9.59 Å². The normalized spacial score (nSPS) is 35.0. The van der Waals surface area contributed by atoms with E-state index in [4.69, 9.17) is 122 Å². The van der Waals surface area contributed by atoms with Crippen LogP contribution in [-0.2, 0) is 101 Å². The van der Waals surface area contributed by atoms with E-state index in [9.17, 15) is 100 Å². The highest BCUT2D eigenvalue weighted by atomic mass is 35.5. The molecule has 8 rings (SSSR count). The van der Waals surface area contributed by atoms with Crippen molar-refractivity contribution in [3.05, 3.63) is 160 Å². The molecule has 6 aliphatic heterocycles. The van der Waals surface area contributed by atoms with Crippen molar-refractivity contribution in [2.45, 2.75) is 368 Å². The molecule has 2 aromatic carbocycles. The topological polar surface area (TPSA) is 533 Å². The lowest BCUT2D eigenvalue weighted by atomic mass is 9.88. The average molecular weight is 2100 g/mol. The van der Waals surface area contributed by atoms with E-state index in [1.807, 2.05) is 65.8 Å². The lowest BCUT2D eigenvalue weighted by Gasteiger charge is -2.47. The van der Waals surface area contributed by atoms with Gasteiger partial charge in [-0.15, -0.1) is 0 Å². The van der Waals surface area contributed by atoms with Crippen LogP contribution in [0.5, 0.6) is 23.0 Å². The number of hydrogen-bond acceptors (Lipinski definition) is 36. The molecule has 28 atom stereocenters. The summed E-state index contributed by atoms with van der Waals surface area (Å²) in [5, 5.41) is 153. The standard InChI is InChI=1S/C52H74Cl2O18.C51H72Cl2O18/c1-13-30-22-26(6)33(56)18-16-15-17-31(23-66-51-45(65-12)42(61)44(29(9)67-51)69-49(64)35-32(14-2)36(53)39(58)37(54)38(35)57)48(63)68-34(28(8)55)20-19-25(5)21-27(7)43(30)70-50-41(60)40(59)46(52(10,11)72-50)71-47(62)24(3)4;1-13-30-21-25(5)32(55)17-15-14-16-31(22-65-50-44(64-12)41(60)43(29(9)66-50)68-48(63)34-27(7)35(52)38(57)36(53)37(34)56)47(62)67-33(28(8)54)19-18-24(4)20-26(6)42(30)69-49-40(59)39(58)45(51(10,11)71-49)70-46(61)23(2)3/h15-17,19,21-22,24,28-30,33-34,40-46,50-51,55-61H,13-14,18,20,23H2,1-12H3;14-16,18,20-21,23,28-30,32-33,39-45,49-50,54-60H,13,17,19,22H2,1-12H3/b16-15+,25-19+,26-22+,27-21+,31-17+;15-14+,24-18+,25-21+,26-20+,31-16+/t28-,29-,30+,33+,34+,40-,41+,42+,43+,44-,45+,46+,50-,51-;28?,29-,30?,32?,33?,39+,40-,41+,42?,43-,44+,45-,49+,50+/m10/s1. The number of cyclic esters (lactones) is 2. The van der Waals surface area contributed by atoms with Crippen molar-refractivity contribution >= 4 is 82.2 Å². The molecule has 0 amide bonds. The third-order valence-electron chi connectivity index (χ3n) is 25.8. The molecule has 802 valence electrons. The van der Waals surface area contributed by atoms with Crippen molar-refractivity contribution in [3.8, 4) is 23.0 Å². The molecule has 6 heterocycles. The number of aliphatic hydroxyl groups is 10. The second-order valence-electron chi connectivity index (χ2n) is 38.5. The molecular formula is C103H146Cl4O36. The summed E-state index contributed by atoms with van der Waals surface area (Å²) in [6.45, 7) is 35.8. The van der Waals surface area contributed by atoms with E-state index in [0.29, 0.717) is 46.3 Å². The fourth-order valence-electron chi connectivity index (χ4n) is 17.0. The summed E-state index contributed by atoms with van der Waals surface area (Å²) in [5.41, 5.74) is 0.511. The summed E-state index contributed by atoms with van der Waals surface area (Å²) in [6.07, 6.45) is -11.0. The number of carbonyl (C=O) groups excluding carboxylic acids is 6. The van der Waals surface area contributed by atoms with Crippen LogP contribution >= 0.6 is 46.4 Å². The molecule has 2 aromatic rings. The predicted octanol–water partition coefficient (Wildman–Crippen LogP) is 12.2. The molecule has 40 heteroatoms. The van der Waals surface area contributed by atoms with Crippen molar-refractivity contribution in [3.63, 3.8) is 0 Å². The van der Waals surface area contributed by atoms with Gasteiger partial charge in [0.15, 0.2) is 72.6 Å². The Morgan fingerprint density at radius 1 is 0.462 bits per heavy atom. The highest BCUT2D eigenvalue weighted by molar-refractivity contribution is 6.40. The number of rotatable bonds is 25. The number of allylic oxidation sites excluding steroid dienone is 8. The lowest BCUT2D eigenvalue weighted by molar-refractivity contribution is -0.333. The Morgan fingerprint density at radius 3 is 1.16 bits per heavy atom. The van der Waals surface area contributed by atoms with Crippen molar-refractivity contribution in [1.29, 1.82) is 0 Å². The third-order valence-corrected chi connectivity index (χ3v) is 27.3. The van der Waals surface area contributed by atoms with Gasteiger partial charge in [-0.05, 0) is 182 Å². The number of phenols is 4. The summed E-state index contributed by atoms with van der Waals surface area (Å²) < 4.78 is 94.9. The molecule has 143 heavy (non-hydrogen) atoms. The van der Waals surface area contributed by atoms with Crippen LogP contribution in [0.2, 0.25) is 20.1 Å². The van der Waals surface area contributed by atoms with Crippen LogP contribution in [0.4, 0.5) is 0 Å². The van der Waals surface area contributed by atoms with Crippen LogP contribution < -0.4 is 0 Å². The maximum atomic E-state index is 13.9. The Morgan fingerprint density at radius 2 is 0.818 bits per heavy atom. The highest BCUT2D eigenvalue weighted by Crippen LogP contribution is 2.48. The van der Waals surface area contributed by atoms with E-state index in [1.54, 1.807) is 100 Å². The number of aliphatic hydroxyl groups excluding tert-OH is 10. The lowest BCUT2D eigenvalue weighted by Crippen LogP contribution is -2.64. The van der Waals surface area contributed by atoms with Gasteiger partial charge in [-0.25, -0.2) is 19.2 Å². The number of esters is 6. The average Bonchev–Trinajstić information content (AvgIpc) is 0.778. The van der Waals surface area contributed by atoms with Crippen LogP contribution in [0.25, 0.3) is 0 Å². The van der Waals surface area contributed by atoms with E-state index in [1.165, 1.54) is 73.1 Å². The summed E-state index contributed by atoms with van der Waals surface area (Å²) in [6, 6.07) is 0. The Labute approximate surface area is 855 Å². The molecule has 4 saturated heterocycles.